The molecule has 3 N–H and O–H groups in total. The fourth-order valence-corrected chi connectivity index (χ4v) is 2.52. The van der Waals surface area contributed by atoms with Crippen molar-refractivity contribution in [3.05, 3.63) is 29.6 Å². The molecule has 2 heterocycles. The van der Waals surface area contributed by atoms with Crippen molar-refractivity contribution in [2.75, 3.05) is 19.8 Å². The Morgan fingerprint density at radius 1 is 1.62 bits per heavy atom. The summed E-state index contributed by atoms with van der Waals surface area (Å²) < 4.78 is 5.35. The van der Waals surface area contributed by atoms with Crippen LogP contribution in [0.4, 0.5) is 0 Å². The number of aliphatic hydroxyl groups is 1. The third kappa shape index (κ3) is 4.15. The molecule has 1 unspecified atom stereocenters. The predicted molar refractivity (Wildman–Crippen MR) is 79.2 cm³/mol. The second-order valence-electron chi connectivity index (χ2n) is 5.24. The van der Waals surface area contributed by atoms with Crippen molar-refractivity contribution in [1.29, 1.82) is 0 Å². The number of H-pyrrole nitrogens is 1. The number of carbonyl (C=O) groups excluding carboxylic acids is 1. The van der Waals surface area contributed by atoms with Crippen LogP contribution in [-0.2, 0) is 4.74 Å². The lowest BCUT2D eigenvalue weighted by Gasteiger charge is -2.22. The molecule has 2 rings (SSSR count). The smallest absolute Gasteiger partial charge is 0.255 e. The Kier molecular flexibility index (Phi) is 5.95. The summed E-state index contributed by atoms with van der Waals surface area (Å²) in [5.74, 6) is 0.0962. The van der Waals surface area contributed by atoms with E-state index in [1.165, 1.54) is 0 Å². The lowest BCUT2D eigenvalue weighted by atomic mass is 9.93. The summed E-state index contributed by atoms with van der Waals surface area (Å²) in [6, 6.07) is -0.272. The molecule has 6 nitrogen and oxygen atoms in total. The lowest BCUT2D eigenvalue weighted by Crippen LogP contribution is -2.37. The Morgan fingerprint density at radius 3 is 3.05 bits per heavy atom. The van der Waals surface area contributed by atoms with E-state index in [1.54, 1.807) is 6.20 Å². The minimum absolute atomic E-state index is 0.0828. The number of hydrogen-bond acceptors (Lipinski definition) is 4. The monoisotopic (exact) mass is 293 g/mol. The van der Waals surface area contributed by atoms with Crippen LogP contribution in [0.2, 0.25) is 0 Å². The topological polar surface area (TPSA) is 87.2 Å². The molecule has 0 saturated carbocycles. The van der Waals surface area contributed by atoms with Crippen molar-refractivity contribution in [2.24, 2.45) is 0 Å². The van der Waals surface area contributed by atoms with Crippen molar-refractivity contribution >= 4 is 5.91 Å². The molecular weight excluding hydrogens is 270 g/mol. The summed E-state index contributed by atoms with van der Waals surface area (Å²) in [7, 11) is 0. The summed E-state index contributed by atoms with van der Waals surface area (Å²) >= 11 is 0. The van der Waals surface area contributed by atoms with Crippen LogP contribution < -0.4 is 5.32 Å². The third-order valence-electron chi connectivity index (χ3n) is 3.75. The van der Waals surface area contributed by atoms with Crippen molar-refractivity contribution in [1.82, 2.24) is 15.5 Å². The zero-order valence-electron chi connectivity index (χ0n) is 12.3. The van der Waals surface area contributed by atoms with Crippen molar-refractivity contribution in [3.8, 4) is 0 Å². The maximum Gasteiger partial charge on any atom is 0.255 e. The van der Waals surface area contributed by atoms with Gasteiger partial charge >= 0.3 is 0 Å². The van der Waals surface area contributed by atoms with Crippen molar-refractivity contribution in [3.63, 3.8) is 0 Å². The fourth-order valence-electron chi connectivity index (χ4n) is 2.52. The second kappa shape index (κ2) is 7.95. The highest BCUT2D eigenvalue weighted by atomic mass is 16.5. The first kappa shape index (κ1) is 15.7. The number of aliphatic hydroxyl groups excluding tert-OH is 1. The van der Waals surface area contributed by atoms with Crippen LogP contribution in [0, 0.1) is 0 Å². The maximum absolute atomic E-state index is 12.4. The Balaban J connectivity index is 2.03. The Labute approximate surface area is 124 Å². The summed E-state index contributed by atoms with van der Waals surface area (Å²) in [6.45, 7) is 3.26. The molecule has 0 bridgehead atoms. The zero-order valence-corrected chi connectivity index (χ0v) is 12.3. The second-order valence-corrected chi connectivity index (χ2v) is 5.24. The Morgan fingerprint density at radius 2 is 2.38 bits per heavy atom. The van der Waals surface area contributed by atoms with E-state index in [1.807, 2.05) is 19.1 Å². The highest BCUT2D eigenvalue weighted by molar-refractivity contribution is 5.95. The molecular formula is C15H23N3O3. The number of nitrogens with zero attached hydrogens (tertiary/aromatic N) is 1. The molecule has 1 aromatic heterocycles. The predicted octanol–water partition coefficient (Wildman–Crippen LogP) is 1.36. The molecule has 0 radical (unpaired) electrons. The fraction of sp³-hybridized carbons (Fsp3) is 0.600. The normalized spacial score (nSPS) is 18.0. The lowest BCUT2D eigenvalue weighted by molar-refractivity contribution is 0.0829. The molecule has 0 spiro atoms. The summed E-state index contributed by atoms with van der Waals surface area (Å²) in [5, 5.41) is 19.1. The van der Waals surface area contributed by atoms with Gasteiger partial charge in [-0.25, -0.2) is 0 Å². The van der Waals surface area contributed by atoms with Crippen molar-refractivity contribution in [2.45, 2.75) is 38.1 Å². The third-order valence-corrected chi connectivity index (χ3v) is 3.75. The molecule has 1 amide bonds. The number of allylic oxidation sites excluding steroid dienone is 1. The average Bonchev–Trinajstić information content (AvgIpc) is 3.01. The highest BCUT2D eigenvalue weighted by Gasteiger charge is 2.24. The van der Waals surface area contributed by atoms with E-state index in [9.17, 15) is 9.90 Å². The van der Waals surface area contributed by atoms with E-state index < -0.39 is 0 Å². The SMILES string of the molecule is C/C=C/CC(CO)NC(=O)c1cn[nH]c1C1CCOCC1. The van der Waals surface area contributed by atoms with Crippen LogP contribution in [0.25, 0.3) is 0 Å². The molecule has 1 aliphatic rings. The molecule has 116 valence electrons. The summed E-state index contributed by atoms with van der Waals surface area (Å²) in [6.07, 6.45) is 7.79. The van der Waals surface area contributed by atoms with Gasteiger partial charge in [-0.1, -0.05) is 12.2 Å². The van der Waals surface area contributed by atoms with Gasteiger partial charge in [0.2, 0.25) is 0 Å². The molecule has 1 aromatic rings. The molecule has 1 fully saturated rings. The summed E-state index contributed by atoms with van der Waals surface area (Å²) in [4.78, 5) is 12.4. The van der Waals surface area contributed by atoms with Gasteiger partial charge in [-0.3, -0.25) is 9.89 Å². The molecule has 1 atom stereocenters. The number of carbonyl (C=O) groups is 1. The van der Waals surface area contributed by atoms with Gasteiger partial charge in [0.15, 0.2) is 0 Å². The van der Waals surface area contributed by atoms with E-state index >= 15 is 0 Å². The summed E-state index contributed by atoms with van der Waals surface area (Å²) in [5.41, 5.74) is 1.44. The molecule has 0 aliphatic carbocycles. The quantitative estimate of drug-likeness (QED) is 0.691. The Bertz CT molecular complexity index is 478. The number of rotatable bonds is 6. The van der Waals surface area contributed by atoms with Crippen LogP contribution in [0.3, 0.4) is 0 Å². The van der Waals surface area contributed by atoms with E-state index in [-0.39, 0.29) is 24.5 Å². The van der Waals surface area contributed by atoms with Gasteiger partial charge in [0.05, 0.1) is 30.1 Å². The van der Waals surface area contributed by atoms with Gasteiger partial charge in [0, 0.05) is 19.1 Å². The standard InChI is InChI=1S/C15H23N3O3/c1-2-3-4-12(10-19)17-15(20)13-9-16-18-14(13)11-5-7-21-8-6-11/h2-3,9,11-12,19H,4-8,10H2,1H3,(H,16,18)(H,17,20)/b3-2+. The average molecular weight is 293 g/mol. The van der Waals surface area contributed by atoms with Crippen molar-refractivity contribution < 1.29 is 14.6 Å². The highest BCUT2D eigenvalue weighted by Crippen LogP contribution is 2.27. The van der Waals surface area contributed by atoms with Crippen LogP contribution in [0.1, 0.15) is 48.2 Å². The molecule has 0 aromatic carbocycles. The van der Waals surface area contributed by atoms with Gasteiger partial charge in [-0.05, 0) is 26.2 Å². The first-order valence-corrected chi connectivity index (χ1v) is 7.40. The molecule has 21 heavy (non-hydrogen) atoms. The Hall–Kier alpha value is -1.66. The minimum atomic E-state index is -0.272. The van der Waals surface area contributed by atoms with E-state index in [2.05, 4.69) is 15.5 Å². The van der Waals surface area contributed by atoms with Crippen LogP contribution in [-0.4, -0.2) is 47.1 Å². The van der Waals surface area contributed by atoms with Gasteiger partial charge < -0.3 is 15.2 Å². The van der Waals surface area contributed by atoms with Gasteiger partial charge in [0.1, 0.15) is 0 Å². The molecule has 6 heteroatoms. The van der Waals surface area contributed by atoms with Crippen LogP contribution in [0.5, 0.6) is 0 Å². The van der Waals surface area contributed by atoms with E-state index in [4.69, 9.17) is 4.74 Å². The molecule has 1 aliphatic heterocycles. The van der Waals surface area contributed by atoms with E-state index in [0.29, 0.717) is 25.2 Å². The van der Waals surface area contributed by atoms with Gasteiger partial charge in [0.25, 0.3) is 5.91 Å². The number of amides is 1. The zero-order chi connectivity index (χ0) is 15.1. The van der Waals surface area contributed by atoms with Gasteiger partial charge in [-0.2, -0.15) is 5.10 Å². The number of aromatic amines is 1. The minimum Gasteiger partial charge on any atom is -0.394 e. The largest absolute Gasteiger partial charge is 0.394 e. The maximum atomic E-state index is 12.4. The number of nitrogens with one attached hydrogen (secondary N) is 2. The number of ether oxygens (including phenoxy) is 1. The molecule has 1 saturated heterocycles. The van der Waals surface area contributed by atoms with E-state index in [0.717, 1.165) is 18.5 Å². The first-order chi connectivity index (χ1) is 10.3. The van der Waals surface area contributed by atoms with Crippen LogP contribution >= 0.6 is 0 Å². The number of hydrogen-bond donors (Lipinski definition) is 3. The number of aromatic nitrogens is 2. The van der Waals surface area contributed by atoms with Gasteiger partial charge in [-0.15, -0.1) is 0 Å². The first-order valence-electron chi connectivity index (χ1n) is 7.40. The van der Waals surface area contributed by atoms with Crippen LogP contribution in [0.15, 0.2) is 18.3 Å².